The van der Waals surface area contributed by atoms with Crippen molar-refractivity contribution in [2.75, 3.05) is 6.61 Å². The molecular weight excluding hydrogens is 580 g/mol. The standard InChI is InChI=1S/C33H38N4O8/c1-4-32(30(39)40)22(2)35-23(3)33(31(41)42,29(32)26-7-5-8-27(19-26)37(43)44)15-6-18-45-28(38)14-13-24-9-11-25(12-10-24)20-36-17-16-34-21-36/h5,7-14,16-17,19,21-23,29,35H,4,6,15,18,20H2,1-3H3,(H,39,40)(H,41,42). The largest absolute Gasteiger partial charge is 0.481 e. The van der Waals surface area contributed by atoms with E-state index in [1.165, 1.54) is 24.3 Å². The fourth-order valence-electron chi connectivity index (χ4n) is 6.87. The lowest BCUT2D eigenvalue weighted by molar-refractivity contribution is -0.385. The predicted molar refractivity (Wildman–Crippen MR) is 165 cm³/mol. The van der Waals surface area contributed by atoms with Crippen LogP contribution in [0.5, 0.6) is 0 Å². The summed E-state index contributed by atoms with van der Waals surface area (Å²) in [6, 6.07) is 11.9. The van der Waals surface area contributed by atoms with Gasteiger partial charge in [-0.3, -0.25) is 19.7 Å². The quantitative estimate of drug-likeness (QED) is 0.0786. The molecule has 0 spiro atoms. The average Bonchev–Trinajstić information content (AvgIpc) is 3.52. The van der Waals surface area contributed by atoms with Gasteiger partial charge in [-0.05, 0) is 55.9 Å². The number of hydrogen-bond acceptors (Lipinski definition) is 8. The summed E-state index contributed by atoms with van der Waals surface area (Å²) in [5, 5.41) is 36.2. The molecule has 45 heavy (non-hydrogen) atoms. The minimum absolute atomic E-state index is 0.0407. The van der Waals surface area contributed by atoms with E-state index in [4.69, 9.17) is 4.74 Å². The van der Waals surface area contributed by atoms with Gasteiger partial charge < -0.3 is 24.8 Å². The number of non-ortho nitro benzene ring substituents is 1. The van der Waals surface area contributed by atoms with E-state index in [1.807, 2.05) is 35.0 Å². The van der Waals surface area contributed by atoms with Crippen LogP contribution in [-0.2, 0) is 25.7 Å². The Bertz CT molecular complexity index is 1550. The van der Waals surface area contributed by atoms with E-state index < -0.39 is 51.7 Å². The third-order valence-electron chi connectivity index (χ3n) is 9.17. The van der Waals surface area contributed by atoms with Gasteiger partial charge in [0.2, 0.25) is 0 Å². The minimum Gasteiger partial charge on any atom is -0.481 e. The molecular formula is C33H38N4O8. The first-order valence-electron chi connectivity index (χ1n) is 14.8. The Morgan fingerprint density at radius 2 is 1.78 bits per heavy atom. The first-order chi connectivity index (χ1) is 21.4. The van der Waals surface area contributed by atoms with Gasteiger partial charge in [0.25, 0.3) is 5.69 Å². The highest BCUT2D eigenvalue weighted by Crippen LogP contribution is 2.59. The zero-order chi connectivity index (χ0) is 32.8. The summed E-state index contributed by atoms with van der Waals surface area (Å²) in [6.07, 6.45) is 8.39. The molecule has 1 aliphatic rings. The Morgan fingerprint density at radius 1 is 1.09 bits per heavy atom. The van der Waals surface area contributed by atoms with Crippen molar-refractivity contribution >= 4 is 29.7 Å². The number of nitrogens with zero attached hydrogens (tertiary/aromatic N) is 3. The number of carboxylic acid groups (broad SMARTS) is 2. The summed E-state index contributed by atoms with van der Waals surface area (Å²) in [5.74, 6) is -4.14. The molecule has 5 atom stereocenters. The van der Waals surface area contributed by atoms with Crippen molar-refractivity contribution in [3.63, 3.8) is 0 Å². The van der Waals surface area contributed by atoms with Crippen LogP contribution in [-0.4, -0.2) is 61.3 Å². The number of benzene rings is 2. The van der Waals surface area contributed by atoms with Gasteiger partial charge >= 0.3 is 17.9 Å². The highest BCUT2D eigenvalue weighted by Gasteiger charge is 2.66. The second kappa shape index (κ2) is 13.9. The van der Waals surface area contributed by atoms with Crippen molar-refractivity contribution in [2.45, 2.75) is 64.6 Å². The number of carbonyl (C=O) groups is 3. The molecule has 238 valence electrons. The molecule has 2 aromatic carbocycles. The maximum atomic E-state index is 13.2. The number of nitro groups is 1. The summed E-state index contributed by atoms with van der Waals surface area (Å²) < 4.78 is 7.33. The molecule has 0 saturated carbocycles. The Morgan fingerprint density at radius 3 is 2.38 bits per heavy atom. The summed E-state index contributed by atoms with van der Waals surface area (Å²) in [4.78, 5) is 53.8. The molecule has 0 radical (unpaired) electrons. The molecule has 12 nitrogen and oxygen atoms in total. The molecule has 1 fully saturated rings. The van der Waals surface area contributed by atoms with Gasteiger partial charge in [-0.15, -0.1) is 0 Å². The molecule has 0 bridgehead atoms. The SMILES string of the molecule is CCC1(C(=O)O)C(C)NC(C)C(CCCOC(=O)C=Cc2ccc(Cn3ccnc3)cc2)(C(=O)O)C1c1cccc([N+](=O)[O-])c1. The highest BCUT2D eigenvalue weighted by atomic mass is 16.6. The molecule has 2 heterocycles. The van der Waals surface area contributed by atoms with E-state index in [2.05, 4.69) is 10.3 Å². The number of nitro benzene ring substituents is 1. The second-order valence-corrected chi connectivity index (χ2v) is 11.5. The number of nitrogens with one attached hydrogen (secondary N) is 1. The molecule has 3 N–H and O–H groups in total. The van der Waals surface area contributed by atoms with Crippen molar-refractivity contribution in [1.82, 2.24) is 14.9 Å². The van der Waals surface area contributed by atoms with Crippen LogP contribution in [0.4, 0.5) is 5.69 Å². The zero-order valence-electron chi connectivity index (χ0n) is 25.5. The van der Waals surface area contributed by atoms with Gasteiger partial charge in [0.05, 0.1) is 28.7 Å². The molecule has 0 amide bonds. The lowest BCUT2D eigenvalue weighted by atomic mass is 9.49. The van der Waals surface area contributed by atoms with E-state index >= 15 is 0 Å². The predicted octanol–water partition coefficient (Wildman–Crippen LogP) is 4.89. The van der Waals surface area contributed by atoms with Gasteiger partial charge in [0, 0.05) is 55.1 Å². The molecule has 4 rings (SSSR count). The van der Waals surface area contributed by atoms with Crippen LogP contribution >= 0.6 is 0 Å². The fourth-order valence-corrected chi connectivity index (χ4v) is 6.87. The van der Waals surface area contributed by atoms with Crippen molar-refractivity contribution in [1.29, 1.82) is 0 Å². The van der Waals surface area contributed by atoms with Crippen LogP contribution < -0.4 is 5.32 Å². The van der Waals surface area contributed by atoms with Crippen molar-refractivity contribution < 1.29 is 34.3 Å². The van der Waals surface area contributed by atoms with Gasteiger partial charge in [0.1, 0.15) is 0 Å². The van der Waals surface area contributed by atoms with Crippen molar-refractivity contribution in [3.8, 4) is 0 Å². The molecule has 3 aromatic rings. The van der Waals surface area contributed by atoms with Crippen LogP contribution in [0.1, 0.15) is 62.6 Å². The number of piperidine rings is 1. The summed E-state index contributed by atoms with van der Waals surface area (Å²) in [6.45, 7) is 5.64. The molecule has 0 aliphatic carbocycles. The first kappa shape index (κ1) is 33.1. The zero-order valence-corrected chi connectivity index (χ0v) is 25.5. The van der Waals surface area contributed by atoms with E-state index in [-0.39, 0.29) is 37.1 Å². The number of esters is 1. The number of carbonyl (C=O) groups excluding carboxylic acids is 1. The smallest absolute Gasteiger partial charge is 0.330 e. The van der Waals surface area contributed by atoms with Gasteiger partial charge in [-0.2, -0.15) is 0 Å². The molecule has 12 heteroatoms. The van der Waals surface area contributed by atoms with Gasteiger partial charge in [-0.25, -0.2) is 9.78 Å². The van der Waals surface area contributed by atoms with Crippen LogP contribution in [0.15, 0.2) is 73.3 Å². The third-order valence-corrected chi connectivity index (χ3v) is 9.17. The molecule has 1 saturated heterocycles. The van der Waals surface area contributed by atoms with E-state index in [1.54, 1.807) is 45.4 Å². The Hall–Kier alpha value is -4.84. The van der Waals surface area contributed by atoms with Crippen molar-refractivity contribution in [3.05, 3.63) is 100 Å². The van der Waals surface area contributed by atoms with Crippen LogP contribution in [0.3, 0.4) is 0 Å². The van der Waals surface area contributed by atoms with Gasteiger partial charge in [0.15, 0.2) is 0 Å². The monoisotopic (exact) mass is 618 g/mol. The molecule has 5 unspecified atom stereocenters. The number of aromatic nitrogens is 2. The number of carboxylic acids is 2. The normalized spacial score (nSPS) is 24.7. The number of imidazole rings is 1. The second-order valence-electron chi connectivity index (χ2n) is 11.5. The molecule has 1 aromatic heterocycles. The first-order valence-corrected chi connectivity index (χ1v) is 14.8. The Balaban J connectivity index is 1.52. The summed E-state index contributed by atoms with van der Waals surface area (Å²) in [7, 11) is 0. The Labute approximate surface area is 260 Å². The van der Waals surface area contributed by atoms with E-state index in [0.717, 1.165) is 11.1 Å². The lowest BCUT2D eigenvalue weighted by Gasteiger charge is -2.57. The van der Waals surface area contributed by atoms with Crippen LogP contribution in [0.25, 0.3) is 6.08 Å². The van der Waals surface area contributed by atoms with Crippen molar-refractivity contribution in [2.24, 2.45) is 10.8 Å². The summed E-state index contributed by atoms with van der Waals surface area (Å²) >= 11 is 0. The molecule has 1 aliphatic heterocycles. The summed E-state index contributed by atoms with van der Waals surface area (Å²) in [5.41, 5.74) is -1.39. The highest BCUT2D eigenvalue weighted by molar-refractivity contribution is 5.87. The topological polar surface area (TPSA) is 174 Å². The number of aliphatic carboxylic acids is 2. The Kier molecular flexibility index (Phi) is 10.2. The average molecular weight is 619 g/mol. The fraction of sp³-hybridized carbons (Fsp3) is 0.394. The maximum Gasteiger partial charge on any atom is 0.330 e. The van der Waals surface area contributed by atoms with Crippen LogP contribution in [0, 0.1) is 20.9 Å². The third kappa shape index (κ3) is 6.65. The van der Waals surface area contributed by atoms with E-state index in [9.17, 15) is 34.7 Å². The lowest BCUT2D eigenvalue weighted by Crippen LogP contribution is -2.69. The van der Waals surface area contributed by atoms with Gasteiger partial charge in [-0.1, -0.05) is 43.3 Å². The minimum atomic E-state index is -1.68. The van der Waals surface area contributed by atoms with E-state index in [0.29, 0.717) is 6.54 Å². The maximum absolute atomic E-state index is 13.2. The number of ether oxygens (including phenoxy) is 1. The van der Waals surface area contributed by atoms with Crippen LogP contribution in [0.2, 0.25) is 0 Å². The number of rotatable bonds is 13. The number of hydrogen-bond donors (Lipinski definition) is 3.